The third-order valence-corrected chi connectivity index (χ3v) is 3.41. The van der Waals surface area contributed by atoms with Crippen molar-refractivity contribution in [3.05, 3.63) is 47.5 Å². The number of benzene rings is 2. The molecule has 23 heavy (non-hydrogen) atoms. The number of amides is 2. The molecule has 0 radical (unpaired) electrons. The summed E-state index contributed by atoms with van der Waals surface area (Å²) < 4.78 is 0. The van der Waals surface area contributed by atoms with Crippen LogP contribution in [0, 0.1) is 0 Å². The number of anilines is 4. The lowest BCUT2D eigenvalue weighted by Gasteiger charge is -2.14. The van der Waals surface area contributed by atoms with E-state index >= 15 is 0 Å². The SMILES string of the molecule is CN(C)c1cccc(NC(=O)C(=O)Nc2ccc(N)c(Cl)c2)c1. The molecule has 2 amide bonds. The van der Waals surface area contributed by atoms with Crippen LogP contribution in [-0.4, -0.2) is 25.9 Å². The Bertz CT molecular complexity index is 747. The maximum absolute atomic E-state index is 12.0. The summed E-state index contributed by atoms with van der Waals surface area (Å²) in [6.07, 6.45) is 0. The number of rotatable bonds is 3. The molecule has 0 aliphatic heterocycles. The van der Waals surface area contributed by atoms with Gasteiger partial charge in [0.2, 0.25) is 0 Å². The second kappa shape index (κ2) is 7.02. The molecular formula is C16H17ClN4O2. The third-order valence-electron chi connectivity index (χ3n) is 3.08. The number of hydrogen-bond acceptors (Lipinski definition) is 4. The van der Waals surface area contributed by atoms with Gasteiger partial charge < -0.3 is 21.3 Å². The number of carbonyl (C=O) groups excluding carboxylic acids is 2. The summed E-state index contributed by atoms with van der Waals surface area (Å²) in [6.45, 7) is 0. The first-order valence-corrected chi connectivity index (χ1v) is 7.19. The molecular weight excluding hydrogens is 316 g/mol. The number of carbonyl (C=O) groups is 2. The van der Waals surface area contributed by atoms with Gasteiger partial charge in [-0.2, -0.15) is 0 Å². The highest BCUT2D eigenvalue weighted by Gasteiger charge is 2.14. The van der Waals surface area contributed by atoms with Gasteiger partial charge in [0.25, 0.3) is 0 Å². The van der Waals surface area contributed by atoms with Gasteiger partial charge in [0.1, 0.15) is 0 Å². The third kappa shape index (κ3) is 4.37. The minimum atomic E-state index is -0.791. The molecule has 2 aromatic rings. The van der Waals surface area contributed by atoms with Gasteiger partial charge in [0.15, 0.2) is 0 Å². The van der Waals surface area contributed by atoms with E-state index < -0.39 is 11.8 Å². The predicted octanol–water partition coefficient (Wildman–Crippen LogP) is 2.57. The lowest BCUT2D eigenvalue weighted by atomic mass is 10.2. The molecule has 7 heteroatoms. The molecule has 0 aliphatic rings. The fraction of sp³-hybridized carbons (Fsp3) is 0.125. The second-order valence-electron chi connectivity index (χ2n) is 5.09. The summed E-state index contributed by atoms with van der Waals surface area (Å²) in [5.74, 6) is -1.56. The number of nitrogen functional groups attached to an aromatic ring is 1. The highest BCUT2D eigenvalue weighted by molar-refractivity contribution is 6.43. The Balaban J connectivity index is 2.04. The first-order chi connectivity index (χ1) is 10.9. The standard InChI is InChI=1S/C16H17ClN4O2/c1-21(2)12-5-3-4-10(8-12)19-15(22)16(23)20-11-6-7-14(18)13(17)9-11/h3-9H,18H2,1-2H3,(H,19,22)(H,20,23). The Morgan fingerprint density at radius 2 is 1.61 bits per heavy atom. The Labute approximate surface area is 139 Å². The van der Waals surface area contributed by atoms with E-state index in [1.54, 1.807) is 30.3 Å². The van der Waals surface area contributed by atoms with Gasteiger partial charge in [-0.1, -0.05) is 17.7 Å². The van der Waals surface area contributed by atoms with Crippen molar-refractivity contribution in [3.63, 3.8) is 0 Å². The molecule has 0 bridgehead atoms. The fourth-order valence-corrected chi connectivity index (χ4v) is 2.02. The molecule has 0 saturated carbocycles. The lowest BCUT2D eigenvalue weighted by Crippen LogP contribution is -2.29. The van der Waals surface area contributed by atoms with Crippen LogP contribution in [0.15, 0.2) is 42.5 Å². The van der Waals surface area contributed by atoms with Crippen molar-refractivity contribution < 1.29 is 9.59 Å². The van der Waals surface area contributed by atoms with Crippen LogP contribution in [0.4, 0.5) is 22.7 Å². The van der Waals surface area contributed by atoms with E-state index in [2.05, 4.69) is 10.6 Å². The van der Waals surface area contributed by atoms with Gasteiger partial charge in [0.05, 0.1) is 10.7 Å². The van der Waals surface area contributed by atoms with E-state index in [0.29, 0.717) is 22.1 Å². The van der Waals surface area contributed by atoms with E-state index in [9.17, 15) is 9.59 Å². The summed E-state index contributed by atoms with van der Waals surface area (Å²) in [5.41, 5.74) is 7.83. The molecule has 2 rings (SSSR count). The topological polar surface area (TPSA) is 87.5 Å². The largest absolute Gasteiger partial charge is 0.398 e. The lowest BCUT2D eigenvalue weighted by molar-refractivity contribution is -0.132. The molecule has 0 unspecified atom stereocenters. The summed E-state index contributed by atoms with van der Waals surface area (Å²) in [7, 11) is 3.77. The Kier molecular flexibility index (Phi) is 5.08. The van der Waals surface area contributed by atoms with E-state index in [0.717, 1.165) is 5.69 Å². The average Bonchev–Trinajstić information content (AvgIpc) is 2.51. The summed E-state index contributed by atoms with van der Waals surface area (Å²) >= 11 is 5.87. The van der Waals surface area contributed by atoms with Crippen molar-refractivity contribution in [2.24, 2.45) is 0 Å². The van der Waals surface area contributed by atoms with Gasteiger partial charge in [-0.15, -0.1) is 0 Å². The molecule has 0 heterocycles. The summed E-state index contributed by atoms with van der Waals surface area (Å²) in [4.78, 5) is 25.8. The molecule has 4 N–H and O–H groups in total. The van der Waals surface area contributed by atoms with Crippen LogP contribution in [-0.2, 0) is 9.59 Å². The van der Waals surface area contributed by atoms with Crippen molar-refractivity contribution in [2.75, 3.05) is 35.4 Å². The van der Waals surface area contributed by atoms with Crippen molar-refractivity contribution in [1.82, 2.24) is 0 Å². The molecule has 0 fully saturated rings. The number of nitrogens with two attached hydrogens (primary N) is 1. The molecule has 120 valence electrons. The quantitative estimate of drug-likeness (QED) is 0.595. The van der Waals surface area contributed by atoms with Gasteiger partial charge >= 0.3 is 11.8 Å². The normalized spacial score (nSPS) is 10.0. The van der Waals surface area contributed by atoms with Gasteiger partial charge in [0, 0.05) is 31.2 Å². The van der Waals surface area contributed by atoms with Gasteiger partial charge in [-0.25, -0.2) is 0 Å². The van der Waals surface area contributed by atoms with Gasteiger partial charge in [-0.3, -0.25) is 9.59 Å². The first-order valence-electron chi connectivity index (χ1n) is 6.81. The molecule has 6 nitrogen and oxygen atoms in total. The average molecular weight is 333 g/mol. The maximum atomic E-state index is 12.0. The number of hydrogen-bond donors (Lipinski definition) is 3. The molecule has 0 atom stereocenters. The van der Waals surface area contributed by atoms with Crippen molar-refractivity contribution in [1.29, 1.82) is 0 Å². The highest BCUT2D eigenvalue weighted by atomic mass is 35.5. The zero-order valence-corrected chi connectivity index (χ0v) is 13.5. The van der Waals surface area contributed by atoms with Crippen LogP contribution in [0.5, 0.6) is 0 Å². The summed E-state index contributed by atoms with van der Waals surface area (Å²) in [6, 6.07) is 11.8. The Morgan fingerprint density at radius 3 is 2.17 bits per heavy atom. The summed E-state index contributed by atoms with van der Waals surface area (Å²) in [5, 5.41) is 5.32. The highest BCUT2D eigenvalue weighted by Crippen LogP contribution is 2.22. The van der Waals surface area contributed by atoms with Crippen molar-refractivity contribution in [3.8, 4) is 0 Å². The molecule has 0 spiro atoms. The Hall–Kier alpha value is -2.73. The van der Waals surface area contributed by atoms with Crippen molar-refractivity contribution >= 4 is 46.2 Å². The molecule has 0 saturated heterocycles. The molecule has 0 aliphatic carbocycles. The van der Waals surface area contributed by atoms with E-state index in [4.69, 9.17) is 17.3 Å². The van der Waals surface area contributed by atoms with Crippen LogP contribution in [0.1, 0.15) is 0 Å². The second-order valence-corrected chi connectivity index (χ2v) is 5.50. The molecule has 2 aromatic carbocycles. The van der Waals surface area contributed by atoms with Crippen LogP contribution >= 0.6 is 11.6 Å². The van der Waals surface area contributed by atoms with Crippen LogP contribution in [0.25, 0.3) is 0 Å². The first kappa shape index (κ1) is 16.6. The zero-order valence-electron chi connectivity index (χ0n) is 12.8. The minimum absolute atomic E-state index is 0.307. The Morgan fingerprint density at radius 1 is 1.00 bits per heavy atom. The van der Waals surface area contributed by atoms with E-state index in [1.807, 2.05) is 25.1 Å². The van der Waals surface area contributed by atoms with Crippen LogP contribution in [0.2, 0.25) is 5.02 Å². The predicted molar refractivity (Wildman–Crippen MR) is 93.9 cm³/mol. The molecule has 0 aromatic heterocycles. The fourth-order valence-electron chi connectivity index (χ4n) is 1.84. The minimum Gasteiger partial charge on any atom is -0.398 e. The number of nitrogens with zero attached hydrogens (tertiary/aromatic N) is 1. The monoisotopic (exact) mass is 332 g/mol. The van der Waals surface area contributed by atoms with Crippen LogP contribution < -0.4 is 21.3 Å². The van der Waals surface area contributed by atoms with E-state index in [1.165, 1.54) is 6.07 Å². The van der Waals surface area contributed by atoms with E-state index in [-0.39, 0.29) is 0 Å². The van der Waals surface area contributed by atoms with Crippen LogP contribution in [0.3, 0.4) is 0 Å². The zero-order chi connectivity index (χ0) is 17.0. The number of nitrogens with one attached hydrogen (secondary N) is 2. The van der Waals surface area contributed by atoms with Crippen molar-refractivity contribution in [2.45, 2.75) is 0 Å². The van der Waals surface area contributed by atoms with Gasteiger partial charge in [-0.05, 0) is 36.4 Å². The smallest absolute Gasteiger partial charge is 0.314 e. The number of halogens is 1. The maximum Gasteiger partial charge on any atom is 0.314 e.